The van der Waals surface area contributed by atoms with Gasteiger partial charge in [-0.15, -0.1) is 0 Å². The second-order valence-corrected chi connectivity index (χ2v) is 3.82. The van der Waals surface area contributed by atoms with Crippen molar-refractivity contribution in [3.63, 3.8) is 0 Å². The lowest BCUT2D eigenvalue weighted by Gasteiger charge is -2.21. The van der Waals surface area contributed by atoms with Crippen LogP contribution in [0.1, 0.15) is 6.92 Å². The van der Waals surface area contributed by atoms with Crippen LogP contribution in [0.15, 0.2) is 30.3 Å². The van der Waals surface area contributed by atoms with E-state index in [2.05, 4.69) is 17.0 Å². The van der Waals surface area contributed by atoms with Crippen molar-refractivity contribution in [2.24, 2.45) is 0 Å². The molecule has 0 amide bonds. The number of anilines is 1. The van der Waals surface area contributed by atoms with E-state index in [1.54, 1.807) is 0 Å². The fraction of sp³-hybridized carbons (Fsp3) is 0.222. The zero-order valence-electron chi connectivity index (χ0n) is 7.45. The molecule has 0 fully saturated rings. The molecule has 1 rings (SSSR count). The molecule has 0 aliphatic carbocycles. The van der Waals surface area contributed by atoms with E-state index in [0.717, 1.165) is 21.4 Å². The minimum absolute atomic E-state index is 0.955. The lowest BCUT2D eigenvalue weighted by molar-refractivity contribution is 1.23. The minimum Gasteiger partial charge on any atom is -0.340 e. The normalized spacial score (nSPS) is 9.75. The molecule has 0 bridgehead atoms. The number of rotatable bonds is 2. The molecule has 0 atom stereocenters. The fourth-order valence-corrected chi connectivity index (χ4v) is 2.50. The van der Waals surface area contributed by atoms with Crippen LogP contribution in [0.5, 0.6) is 0 Å². The van der Waals surface area contributed by atoms with Crippen molar-refractivity contribution in [1.29, 1.82) is 0 Å². The molecule has 0 N–H and O–H groups in total. The van der Waals surface area contributed by atoms with Gasteiger partial charge in [-0.25, -0.2) is 0 Å². The first-order valence-corrected chi connectivity index (χ1v) is 5.91. The Kier molecular flexibility index (Phi) is 3.43. The highest BCUT2D eigenvalue weighted by Gasteiger charge is 2.03. The predicted molar refractivity (Wildman–Crippen MR) is 62.0 cm³/mol. The van der Waals surface area contributed by atoms with Gasteiger partial charge in [0.1, 0.15) is 0 Å². The van der Waals surface area contributed by atoms with Gasteiger partial charge in [0.05, 0.1) is 4.99 Å². The summed E-state index contributed by atoms with van der Waals surface area (Å²) in [6.07, 6.45) is 1.07. The lowest BCUT2D eigenvalue weighted by atomic mass is 10.3. The molecule has 0 radical (unpaired) electrons. The molecule has 12 heavy (non-hydrogen) atoms. The number of benzene rings is 1. The van der Waals surface area contributed by atoms with Gasteiger partial charge in [-0.3, -0.25) is 0 Å². The molecule has 0 aliphatic rings. The molecule has 0 aliphatic heterocycles. The van der Waals surface area contributed by atoms with Crippen molar-refractivity contribution in [3.05, 3.63) is 30.3 Å². The third-order valence-corrected chi connectivity index (χ3v) is 2.62. The summed E-state index contributed by atoms with van der Waals surface area (Å²) in [6, 6.07) is 10.3. The highest BCUT2D eigenvalue weighted by atomic mass is 32.1. The van der Waals surface area contributed by atoms with Crippen LogP contribution in [0.2, 0.25) is 0 Å². The van der Waals surface area contributed by atoms with E-state index in [4.69, 9.17) is 12.2 Å². The van der Waals surface area contributed by atoms with Gasteiger partial charge < -0.3 is 4.90 Å². The highest BCUT2D eigenvalue weighted by molar-refractivity contribution is 7.80. The van der Waals surface area contributed by atoms with Crippen molar-refractivity contribution in [2.45, 2.75) is 6.92 Å². The molecule has 3 heteroatoms. The third kappa shape index (κ3) is 2.15. The molecular formula is C9H13NSSi. The number of nitrogens with zero attached hydrogens (tertiary/aromatic N) is 1. The van der Waals surface area contributed by atoms with Crippen molar-refractivity contribution in [1.82, 2.24) is 0 Å². The predicted octanol–water partition coefficient (Wildman–Crippen LogP) is 1.16. The van der Waals surface area contributed by atoms with Gasteiger partial charge in [0, 0.05) is 22.1 Å². The van der Waals surface area contributed by atoms with Crippen molar-refractivity contribution in [3.8, 4) is 0 Å². The second-order valence-electron chi connectivity index (χ2n) is 2.60. The molecule has 0 unspecified atom stereocenters. The average Bonchev–Trinajstić information content (AvgIpc) is 2.07. The van der Waals surface area contributed by atoms with Gasteiger partial charge in [0.2, 0.25) is 0 Å². The van der Waals surface area contributed by atoms with E-state index in [-0.39, 0.29) is 0 Å². The smallest absolute Gasteiger partial charge is 0.0788 e. The first-order valence-electron chi connectivity index (χ1n) is 4.09. The van der Waals surface area contributed by atoms with Crippen molar-refractivity contribution < 1.29 is 0 Å². The summed E-state index contributed by atoms with van der Waals surface area (Å²) in [6.45, 7) is 1.97. The van der Waals surface area contributed by atoms with Gasteiger partial charge in [-0.1, -0.05) is 30.4 Å². The summed E-state index contributed by atoms with van der Waals surface area (Å²) in [5, 5.41) is 0. The van der Waals surface area contributed by atoms with Crippen LogP contribution in [0, 0.1) is 0 Å². The van der Waals surface area contributed by atoms with E-state index in [1.165, 1.54) is 5.69 Å². The van der Waals surface area contributed by atoms with Crippen LogP contribution in [0.25, 0.3) is 0 Å². The van der Waals surface area contributed by atoms with Gasteiger partial charge in [-0.05, 0) is 19.1 Å². The first kappa shape index (κ1) is 9.42. The monoisotopic (exact) mass is 195 g/mol. The molecule has 64 valence electrons. The van der Waals surface area contributed by atoms with E-state index >= 15 is 0 Å². The van der Waals surface area contributed by atoms with Crippen LogP contribution in [0.3, 0.4) is 0 Å². The molecule has 0 saturated carbocycles. The number of hydrogen-bond acceptors (Lipinski definition) is 1. The second kappa shape index (κ2) is 4.38. The van der Waals surface area contributed by atoms with Crippen LogP contribution in [0.4, 0.5) is 5.69 Å². The molecule has 0 spiro atoms. The maximum absolute atomic E-state index is 5.15. The summed E-state index contributed by atoms with van der Waals surface area (Å²) in [5.41, 5.74) is 1.21. The zero-order chi connectivity index (χ0) is 8.97. The van der Waals surface area contributed by atoms with Crippen LogP contribution < -0.4 is 4.90 Å². The maximum atomic E-state index is 5.15. The molecule has 1 aromatic carbocycles. The van der Waals surface area contributed by atoms with E-state index in [9.17, 15) is 0 Å². The Morgan fingerprint density at radius 2 is 2.00 bits per heavy atom. The lowest BCUT2D eigenvalue weighted by Crippen LogP contribution is -2.28. The third-order valence-electron chi connectivity index (χ3n) is 1.76. The molecule has 0 heterocycles. The Bertz CT molecular complexity index is 260. The standard InChI is InChI=1S/C9H13NSSi/c1-8(11)10(7-12)9-5-3-2-4-6-9/h2-6H,7H2,1,12H3. The van der Waals surface area contributed by atoms with Crippen molar-refractivity contribution in [2.75, 3.05) is 11.1 Å². The molecule has 0 aromatic heterocycles. The first-order chi connectivity index (χ1) is 5.75. The molecule has 1 nitrogen and oxygen atoms in total. The maximum Gasteiger partial charge on any atom is 0.0788 e. The van der Waals surface area contributed by atoms with Crippen LogP contribution in [-0.2, 0) is 0 Å². The number of hydrogen-bond donors (Lipinski definition) is 0. The van der Waals surface area contributed by atoms with Crippen LogP contribution in [-0.4, -0.2) is 21.4 Å². The van der Waals surface area contributed by atoms with Gasteiger partial charge >= 0.3 is 0 Å². The largest absolute Gasteiger partial charge is 0.340 e. The Morgan fingerprint density at radius 3 is 2.42 bits per heavy atom. The quantitative estimate of drug-likeness (QED) is 0.515. The van der Waals surface area contributed by atoms with E-state index in [0.29, 0.717) is 0 Å². The molecule has 1 aromatic rings. The fourth-order valence-electron chi connectivity index (χ4n) is 1.19. The molecular weight excluding hydrogens is 182 g/mol. The Labute approximate surface area is 81.8 Å². The number of thiocarbonyl (C=S) groups is 1. The van der Waals surface area contributed by atoms with Gasteiger partial charge in [-0.2, -0.15) is 0 Å². The highest BCUT2D eigenvalue weighted by Crippen LogP contribution is 2.12. The summed E-state index contributed by atoms with van der Waals surface area (Å²) in [4.78, 5) is 3.12. The summed E-state index contributed by atoms with van der Waals surface area (Å²) < 4.78 is 0. The van der Waals surface area contributed by atoms with E-state index < -0.39 is 0 Å². The van der Waals surface area contributed by atoms with Crippen LogP contribution >= 0.6 is 12.2 Å². The Balaban J connectivity index is 2.88. The topological polar surface area (TPSA) is 3.24 Å². The Hall–Kier alpha value is -0.673. The zero-order valence-corrected chi connectivity index (χ0v) is 10.3. The SMILES string of the molecule is CC(=S)N(C[SiH3])c1ccccc1. The Morgan fingerprint density at radius 1 is 1.42 bits per heavy atom. The van der Waals surface area contributed by atoms with Gasteiger partial charge in [0.15, 0.2) is 0 Å². The minimum atomic E-state index is 0.955. The van der Waals surface area contributed by atoms with Gasteiger partial charge in [0.25, 0.3) is 0 Å². The van der Waals surface area contributed by atoms with Crippen molar-refractivity contribution >= 4 is 33.1 Å². The summed E-state index contributed by atoms with van der Waals surface area (Å²) >= 11 is 5.15. The average molecular weight is 195 g/mol. The summed E-state index contributed by atoms with van der Waals surface area (Å²) in [7, 11) is 1.14. The number of para-hydroxylation sites is 1. The summed E-state index contributed by atoms with van der Waals surface area (Å²) in [5.74, 6) is 0. The van der Waals surface area contributed by atoms with E-state index in [1.807, 2.05) is 25.1 Å². The molecule has 0 saturated heterocycles.